The first-order chi connectivity index (χ1) is 7.27. The summed E-state index contributed by atoms with van der Waals surface area (Å²) in [6.07, 6.45) is 1.18. The minimum absolute atomic E-state index is 0.00885. The van der Waals surface area contributed by atoms with Gasteiger partial charge in [-0.15, -0.1) is 0 Å². The Hall–Kier alpha value is -0.900. The van der Waals surface area contributed by atoms with Crippen LogP contribution in [0.4, 0.5) is 5.88 Å². The maximum atomic E-state index is 11.1. The molecule has 2 rings (SSSR count). The maximum Gasteiger partial charge on any atom is 0.196 e. The number of Topliss-reactive ketones (excluding diaryl/α,β-unsaturated/α-hetero) is 1. The van der Waals surface area contributed by atoms with Crippen molar-refractivity contribution in [3.63, 3.8) is 0 Å². The lowest BCUT2D eigenvalue weighted by atomic mass is 10.3. The van der Waals surface area contributed by atoms with Crippen LogP contribution in [0.15, 0.2) is 16.5 Å². The van der Waals surface area contributed by atoms with Crippen molar-refractivity contribution >= 4 is 23.4 Å². The van der Waals surface area contributed by atoms with E-state index in [9.17, 15) is 4.79 Å². The van der Waals surface area contributed by atoms with Crippen molar-refractivity contribution in [2.75, 3.05) is 29.5 Å². The third-order valence-corrected chi connectivity index (χ3v) is 3.52. The number of carbonyl (C=O) groups excluding carboxylic acids is 1. The molecule has 0 unspecified atom stereocenters. The molecule has 0 N–H and O–H groups in total. The Morgan fingerprint density at radius 1 is 1.40 bits per heavy atom. The molecule has 0 bridgehead atoms. The number of hydrogen-bond acceptors (Lipinski definition) is 4. The normalized spacial score (nSPS) is 17.5. The average Bonchev–Trinajstić information content (AvgIpc) is 2.55. The largest absolute Gasteiger partial charge is 0.437 e. The minimum atomic E-state index is -0.00885. The number of thioether (sulfide) groups is 1. The van der Waals surface area contributed by atoms with Crippen molar-refractivity contribution in [1.29, 1.82) is 0 Å². The molecule has 1 aromatic rings. The highest BCUT2D eigenvalue weighted by Gasteiger charge is 2.14. The van der Waals surface area contributed by atoms with Crippen LogP contribution in [0.1, 0.15) is 23.9 Å². The van der Waals surface area contributed by atoms with Crippen LogP contribution in [-0.4, -0.2) is 30.4 Å². The summed E-state index contributed by atoms with van der Waals surface area (Å²) in [7, 11) is 0. The number of carbonyl (C=O) groups is 1. The molecule has 0 amide bonds. The number of anilines is 1. The zero-order valence-corrected chi connectivity index (χ0v) is 9.68. The van der Waals surface area contributed by atoms with E-state index in [1.165, 1.54) is 19.1 Å². The van der Waals surface area contributed by atoms with Crippen molar-refractivity contribution in [3.05, 3.63) is 17.9 Å². The predicted molar refractivity (Wildman–Crippen MR) is 62.9 cm³/mol. The maximum absolute atomic E-state index is 11.1. The Balaban J connectivity index is 2.10. The molecule has 2 heterocycles. The van der Waals surface area contributed by atoms with Gasteiger partial charge in [0.2, 0.25) is 0 Å². The van der Waals surface area contributed by atoms with Crippen molar-refractivity contribution in [2.24, 2.45) is 0 Å². The molecule has 0 spiro atoms. The lowest BCUT2D eigenvalue weighted by Gasteiger charge is -2.18. The van der Waals surface area contributed by atoms with Crippen molar-refractivity contribution in [3.8, 4) is 0 Å². The molecule has 1 aliphatic rings. The molecule has 0 atom stereocenters. The number of nitrogens with zero attached hydrogens (tertiary/aromatic N) is 1. The van der Waals surface area contributed by atoms with Crippen molar-refractivity contribution in [1.82, 2.24) is 0 Å². The number of furan rings is 1. The summed E-state index contributed by atoms with van der Waals surface area (Å²) in [5, 5.41) is 0. The number of rotatable bonds is 2. The average molecular weight is 225 g/mol. The van der Waals surface area contributed by atoms with Gasteiger partial charge in [0.15, 0.2) is 17.4 Å². The molecule has 4 heteroatoms. The number of ketones is 1. The van der Waals surface area contributed by atoms with Gasteiger partial charge < -0.3 is 9.32 Å². The molecule has 1 saturated heterocycles. The Kier molecular flexibility index (Phi) is 3.36. The molecule has 82 valence electrons. The Labute approximate surface area is 93.8 Å². The van der Waals surface area contributed by atoms with Crippen LogP contribution in [0.5, 0.6) is 0 Å². The fourth-order valence-corrected chi connectivity index (χ4v) is 2.54. The van der Waals surface area contributed by atoms with Gasteiger partial charge in [-0.1, -0.05) is 0 Å². The van der Waals surface area contributed by atoms with Crippen LogP contribution in [0.3, 0.4) is 0 Å². The highest BCUT2D eigenvalue weighted by molar-refractivity contribution is 7.99. The smallest absolute Gasteiger partial charge is 0.196 e. The fraction of sp³-hybridized carbons (Fsp3) is 0.545. The first-order valence-electron chi connectivity index (χ1n) is 5.21. The standard InChI is InChI=1S/C11H15NO2S/c1-9(13)10-3-4-11(14-10)12-5-2-7-15-8-6-12/h3-4H,2,5-8H2,1H3. The van der Waals surface area contributed by atoms with Gasteiger partial charge in [-0.25, -0.2) is 0 Å². The van der Waals surface area contributed by atoms with Crippen molar-refractivity contribution in [2.45, 2.75) is 13.3 Å². The first kappa shape index (κ1) is 10.6. The summed E-state index contributed by atoms with van der Waals surface area (Å²) in [6.45, 7) is 3.56. The second-order valence-corrected chi connectivity index (χ2v) is 4.87. The monoisotopic (exact) mass is 225 g/mol. The predicted octanol–water partition coefficient (Wildman–Crippen LogP) is 2.43. The van der Waals surface area contributed by atoms with E-state index in [-0.39, 0.29) is 5.78 Å². The van der Waals surface area contributed by atoms with Crippen LogP contribution in [0, 0.1) is 0 Å². The first-order valence-corrected chi connectivity index (χ1v) is 6.36. The zero-order valence-electron chi connectivity index (χ0n) is 8.86. The summed E-state index contributed by atoms with van der Waals surface area (Å²) >= 11 is 1.98. The van der Waals surface area contributed by atoms with Crippen LogP contribution in [0.25, 0.3) is 0 Å². The second-order valence-electron chi connectivity index (χ2n) is 3.65. The lowest BCUT2D eigenvalue weighted by molar-refractivity contribution is 0.0988. The van der Waals surface area contributed by atoms with Gasteiger partial charge in [-0.3, -0.25) is 4.79 Å². The molecule has 1 aliphatic heterocycles. The quantitative estimate of drug-likeness (QED) is 0.724. The Morgan fingerprint density at radius 2 is 2.27 bits per heavy atom. The van der Waals surface area contributed by atoms with Crippen molar-refractivity contribution < 1.29 is 9.21 Å². The molecule has 1 fully saturated rings. The molecule has 15 heavy (non-hydrogen) atoms. The molecule has 0 aliphatic carbocycles. The van der Waals surface area contributed by atoms with Crippen LogP contribution < -0.4 is 4.90 Å². The van der Waals surface area contributed by atoms with Crippen LogP contribution in [-0.2, 0) is 0 Å². The molecule has 3 nitrogen and oxygen atoms in total. The zero-order chi connectivity index (χ0) is 10.7. The molecular formula is C11H15NO2S. The summed E-state index contributed by atoms with van der Waals surface area (Å²) in [5.41, 5.74) is 0. The molecule has 0 saturated carbocycles. The fourth-order valence-electron chi connectivity index (χ4n) is 1.65. The van der Waals surface area contributed by atoms with Gasteiger partial charge in [0.25, 0.3) is 0 Å². The molecular weight excluding hydrogens is 210 g/mol. The molecule has 0 radical (unpaired) electrons. The van der Waals surface area contributed by atoms with E-state index in [1.54, 1.807) is 6.07 Å². The SMILES string of the molecule is CC(=O)c1ccc(N2CCCSCC2)o1. The summed E-state index contributed by atoms with van der Waals surface area (Å²) in [6, 6.07) is 3.66. The van der Waals surface area contributed by atoms with E-state index >= 15 is 0 Å². The van der Waals surface area contributed by atoms with E-state index in [0.717, 1.165) is 24.7 Å². The summed E-state index contributed by atoms with van der Waals surface area (Å²) in [4.78, 5) is 13.3. The second kappa shape index (κ2) is 4.75. The van der Waals surface area contributed by atoms with Gasteiger partial charge in [-0.05, 0) is 18.2 Å². The van der Waals surface area contributed by atoms with Crippen LogP contribution >= 0.6 is 11.8 Å². The van der Waals surface area contributed by atoms with E-state index < -0.39 is 0 Å². The van der Waals surface area contributed by atoms with Gasteiger partial charge in [-0.2, -0.15) is 11.8 Å². The molecule has 1 aromatic heterocycles. The van der Waals surface area contributed by atoms with Gasteiger partial charge >= 0.3 is 0 Å². The van der Waals surface area contributed by atoms with Gasteiger partial charge in [0, 0.05) is 31.8 Å². The third kappa shape index (κ3) is 2.56. The summed E-state index contributed by atoms with van der Waals surface area (Å²) in [5.74, 6) is 3.64. The van der Waals surface area contributed by atoms with Crippen LogP contribution in [0.2, 0.25) is 0 Å². The number of hydrogen-bond donors (Lipinski definition) is 0. The Bertz CT molecular complexity index is 340. The van der Waals surface area contributed by atoms with Gasteiger partial charge in [0.1, 0.15) is 0 Å². The van der Waals surface area contributed by atoms with E-state index in [0.29, 0.717) is 5.76 Å². The lowest BCUT2D eigenvalue weighted by Crippen LogP contribution is -2.24. The highest BCUT2D eigenvalue weighted by Crippen LogP contribution is 2.21. The van der Waals surface area contributed by atoms with E-state index in [1.807, 2.05) is 17.8 Å². The topological polar surface area (TPSA) is 33.5 Å². The minimum Gasteiger partial charge on any atom is -0.437 e. The third-order valence-electron chi connectivity index (χ3n) is 2.47. The van der Waals surface area contributed by atoms with E-state index in [2.05, 4.69) is 4.90 Å². The molecule has 0 aromatic carbocycles. The summed E-state index contributed by atoms with van der Waals surface area (Å²) < 4.78 is 5.51. The highest BCUT2D eigenvalue weighted by atomic mass is 32.2. The van der Waals surface area contributed by atoms with E-state index in [4.69, 9.17) is 4.42 Å². The Morgan fingerprint density at radius 3 is 3.00 bits per heavy atom. The van der Waals surface area contributed by atoms with Gasteiger partial charge in [0.05, 0.1) is 0 Å².